The van der Waals surface area contributed by atoms with Crippen molar-refractivity contribution in [1.82, 2.24) is 9.36 Å². The van der Waals surface area contributed by atoms with Gasteiger partial charge >= 0.3 is 0 Å². The Labute approximate surface area is 112 Å². The molecular weight excluding hydrogens is 299 g/mol. The lowest BCUT2D eigenvalue weighted by Crippen LogP contribution is -2.22. The molecule has 0 saturated heterocycles. The second-order valence-electron chi connectivity index (χ2n) is 3.80. The van der Waals surface area contributed by atoms with E-state index in [0.29, 0.717) is 22.9 Å². The van der Waals surface area contributed by atoms with Crippen LogP contribution in [0.4, 0.5) is 4.39 Å². The molecule has 0 saturated carbocycles. The number of nitrogens with zero attached hydrogens (tertiary/aromatic N) is 2. The van der Waals surface area contributed by atoms with Gasteiger partial charge < -0.3 is 0 Å². The van der Waals surface area contributed by atoms with E-state index in [2.05, 4.69) is 29.1 Å². The van der Waals surface area contributed by atoms with E-state index in [1.165, 1.54) is 10.7 Å². The highest BCUT2D eigenvalue weighted by molar-refractivity contribution is 9.10. The molecule has 3 nitrogen and oxygen atoms in total. The highest BCUT2D eigenvalue weighted by Crippen LogP contribution is 2.23. The molecule has 2 rings (SSSR count). The molecule has 0 aliphatic rings. The third-order valence-electron chi connectivity index (χ3n) is 2.69. The summed E-state index contributed by atoms with van der Waals surface area (Å²) in [7, 11) is 0. The molecule has 5 heteroatoms. The number of fused-ring (bicyclic) bond motifs is 1. The van der Waals surface area contributed by atoms with Crippen LogP contribution in [0.25, 0.3) is 10.9 Å². The van der Waals surface area contributed by atoms with Crippen molar-refractivity contribution >= 4 is 26.8 Å². The van der Waals surface area contributed by atoms with E-state index >= 15 is 0 Å². The highest BCUT2D eigenvalue weighted by atomic mass is 79.9. The van der Waals surface area contributed by atoms with E-state index < -0.39 is 5.82 Å². The van der Waals surface area contributed by atoms with E-state index in [0.717, 1.165) is 0 Å². The van der Waals surface area contributed by atoms with Crippen molar-refractivity contribution in [3.8, 4) is 0 Å². The summed E-state index contributed by atoms with van der Waals surface area (Å²) in [5, 5.41) is 0.361. The molecule has 0 aliphatic carbocycles. The largest absolute Gasteiger partial charge is 0.275 e. The Balaban J connectivity index is 2.92. The zero-order valence-corrected chi connectivity index (χ0v) is 11.3. The Morgan fingerprint density at radius 2 is 1.83 bits per heavy atom. The molecule has 94 valence electrons. The summed E-state index contributed by atoms with van der Waals surface area (Å²) in [6.45, 7) is 7.93. The van der Waals surface area contributed by atoms with Gasteiger partial charge in [0.15, 0.2) is 5.82 Å². The van der Waals surface area contributed by atoms with Gasteiger partial charge in [-0.05, 0) is 28.1 Å². The predicted molar refractivity (Wildman–Crippen MR) is 74.3 cm³/mol. The molecule has 0 fully saturated rings. The van der Waals surface area contributed by atoms with Gasteiger partial charge in [0.1, 0.15) is 5.52 Å². The topological polar surface area (TPSA) is 26.9 Å². The third kappa shape index (κ3) is 1.84. The second-order valence-corrected chi connectivity index (χ2v) is 4.66. The number of hydrogen-bond acceptors (Lipinski definition) is 1. The molecular formula is C13H12BrFN2O. The van der Waals surface area contributed by atoms with Gasteiger partial charge in [0, 0.05) is 0 Å². The molecule has 0 spiro atoms. The minimum absolute atomic E-state index is 0.224. The fourth-order valence-corrected chi connectivity index (χ4v) is 2.27. The zero-order chi connectivity index (χ0) is 13.3. The lowest BCUT2D eigenvalue weighted by molar-refractivity contribution is 0.518. The quantitative estimate of drug-likeness (QED) is 0.797. The summed E-state index contributed by atoms with van der Waals surface area (Å²) < 4.78 is 17.5. The van der Waals surface area contributed by atoms with Crippen LogP contribution in [-0.4, -0.2) is 9.36 Å². The maximum absolute atomic E-state index is 14.1. The van der Waals surface area contributed by atoms with Crippen LogP contribution in [0.5, 0.6) is 0 Å². The molecule has 1 aromatic heterocycles. The summed E-state index contributed by atoms with van der Waals surface area (Å²) in [5.74, 6) is -0.436. The van der Waals surface area contributed by atoms with Gasteiger partial charge in [-0.1, -0.05) is 12.2 Å². The molecule has 0 atom stereocenters. The Hall–Kier alpha value is -1.62. The van der Waals surface area contributed by atoms with Crippen molar-refractivity contribution in [2.75, 3.05) is 0 Å². The minimum atomic E-state index is -0.436. The van der Waals surface area contributed by atoms with Crippen LogP contribution in [0.2, 0.25) is 0 Å². The van der Waals surface area contributed by atoms with E-state index in [1.807, 2.05) is 0 Å². The molecule has 18 heavy (non-hydrogen) atoms. The maximum Gasteiger partial charge on any atom is 0.274 e. The van der Waals surface area contributed by atoms with E-state index in [1.54, 1.807) is 22.9 Å². The number of rotatable bonds is 4. The van der Waals surface area contributed by atoms with Crippen LogP contribution in [-0.2, 0) is 13.1 Å². The molecule has 0 aliphatic heterocycles. The summed E-state index contributed by atoms with van der Waals surface area (Å²) in [6.07, 6.45) is 3.23. The van der Waals surface area contributed by atoms with Crippen LogP contribution < -0.4 is 5.56 Å². The van der Waals surface area contributed by atoms with Gasteiger partial charge in [-0.25, -0.2) is 9.07 Å². The van der Waals surface area contributed by atoms with E-state index in [-0.39, 0.29) is 11.1 Å². The molecule has 0 unspecified atom stereocenters. The number of aromatic nitrogens is 2. The Morgan fingerprint density at radius 3 is 2.44 bits per heavy atom. The minimum Gasteiger partial charge on any atom is -0.275 e. The lowest BCUT2D eigenvalue weighted by atomic mass is 10.2. The first-order valence-corrected chi connectivity index (χ1v) is 6.20. The monoisotopic (exact) mass is 310 g/mol. The van der Waals surface area contributed by atoms with Crippen molar-refractivity contribution in [2.24, 2.45) is 0 Å². The molecule has 1 aromatic carbocycles. The second kappa shape index (κ2) is 4.94. The number of allylic oxidation sites excluding steroid dienone is 2. The van der Waals surface area contributed by atoms with Crippen LogP contribution in [0, 0.1) is 5.82 Å². The van der Waals surface area contributed by atoms with Crippen LogP contribution >= 0.6 is 15.9 Å². The van der Waals surface area contributed by atoms with Gasteiger partial charge in [-0.3, -0.25) is 9.48 Å². The van der Waals surface area contributed by atoms with Crippen molar-refractivity contribution in [3.63, 3.8) is 0 Å². The van der Waals surface area contributed by atoms with Gasteiger partial charge in [0.2, 0.25) is 0 Å². The molecule has 2 aromatic rings. The summed E-state index contributed by atoms with van der Waals surface area (Å²) in [6, 6.07) is 3.15. The Bertz CT molecular complexity index is 684. The lowest BCUT2D eigenvalue weighted by Gasteiger charge is -2.09. The third-order valence-corrected chi connectivity index (χ3v) is 3.30. The van der Waals surface area contributed by atoms with Crippen molar-refractivity contribution in [3.05, 3.63) is 58.1 Å². The highest BCUT2D eigenvalue weighted by Gasteiger charge is 2.17. The van der Waals surface area contributed by atoms with Crippen LogP contribution in [0.1, 0.15) is 0 Å². The summed E-state index contributed by atoms with van der Waals surface area (Å²) in [5.41, 5.74) is 0.0641. The predicted octanol–water partition coefficient (Wildman–Crippen LogP) is 3.08. The first kappa shape index (κ1) is 12.8. The molecule has 1 heterocycles. The Kier molecular flexibility index (Phi) is 3.52. The normalized spacial score (nSPS) is 10.8. The molecule has 0 bridgehead atoms. The van der Waals surface area contributed by atoms with Crippen LogP contribution in [0.3, 0.4) is 0 Å². The van der Waals surface area contributed by atoms with Crippen molar-refractivity contribution in [1.29, 1.82) is 0 Å². The Morgan fingerprint density at radius 1 is 1.22 bits per heavy atom. The average molecular weight is 311 g/mol. The van der Waals surface area contributed by atoms with E-state index in [4.69, 9.17) is 0 Å². The fourth-order valence-electron chi connectivity index (χ4n) is 1.95. The molecule has 0 radical (unpaired) electrons. The molecule has 0 N–H and O–H groups in total. The van der Waals surface area contributed by atoms with Gasteiger partial charge in [0.25, 0.3) is 5.56 Å². The van der Waals surface area contributed by atoms with Gasteiger partial charge in [-0.2, -0.15) is 0 Å². The van der Waals surface area contributed by atoms with Gasteiger partial charge in [0.05, 0.1) is 22.9 Å². The van der Waals surface area contributed by atoms with E-state index in [9.17, 15) is 9.18 Å². The smallest absolute Gasteiger partial charge is 0.274 e. The van der Waals surface area contributed by atoms with Crippen molar-refractivity contribution < 1.29 is 4.39 Å². The zero-order valence-electron chi connectivity index (χ0n) is 9.70. The summed E-state index contributed by atoms with van der Waals surface area (Å²) >= 11 is 3.13. The van der Waals surface area contributed by atoms with Crippen molar-refractivity contribution in [2.45, 2.75) is 13.1 Å². The van der Waals surface area contributed by atoms with Gasteiger partial charge in [-0.15, -0.1) is 13.2 Å². The number of benzene rings is 1. The average Bonchev–Trinajstić information content (AvgIpc) is 2.61. The number of halogens is 2. The number of hydrogen-bond donors (Lipinski definition) is 0. The fraction of sp³-hybridized carbons (Fsp3) is 0.154. The standard InChI is InChI=1S/C13H12BrFN2O/c1-3-7-16-12-9(5-6-10(14)11(12)15)13(18)17(16)8-4-2/h3-6H,1-2,7-8H2. The first-order chi connectivity index (χ1) is 8.61. The van der Waals surface area contributed by atoms with Crippen LogP contribution in [0.15, 0.2) is 46.7 Å². The SMILES string of the molecule is C=CCn1c(=O)c2ccc(Br)c(F)c2n1CC=C. The molecule has 0 amide bonds. The first-order valence-electron chi connectivity index (χ1n) is 5.41. The maximum atomic E-state index is 14.1. The summed E-state index contributed by atoms with van der Waals surface area (Å²) in [4.78, 5) is 12.2.